The minimum Gasteiger partial charge on any atom is -0.486 e. The Labute approximate surface area is 70.3 Å². The number of ether oxygens (including phenoxy) is 1. The molecule has 0 radical (unpaired) electrons. The first-order valence-electron chi connectivity index (χ1n) is 2.89. The fourth-order valence-electron chi connectivity index (χ4n) is 0.371. The average Bonchev–Trinajstić information content (AvgIpc) is 1.79. The van der Waals surface area contributed by atoms with E-state index in [1.807, 2.05) is 0 Å². The number of thioether (sulfide) groups is 1. The molecule has 0 saturated heterocycles. The summed E-state index contributed by atoms with van der Waals surface area (Å²) in [6.45, 7) is 3.78. The normalized spacial score (nSPS) is 9.00. The zero-order valence-electron chi connectivity index (χ0n) is 6.05. The van der Waals surface area contributed by atoms with Crippen molar-refractivity contribution in [3.63, 3.8) is 0 Å². The van der Waals surface area contributed by atoms with Gasteiger partial charge in [-0.05, 0) is 12.2 Å². The number of carbonyl (C=O) groups is 1. The molecule has 0 aromatic heterocycles. The molecule has 0 aromatic carbocycles. The Bertz CT molecular complexity index is 118. The van der Waals surface area contributed by atoms with Crippen molar-refractivity contribution in [3.05, 3.63) is 0 Å². The van der Waals surface area contributed by atoms with Crippen molar-refractivity contribution in [2.75, 3.05) is 12.4 Å². The van der Waals surface area contributed by atoms with E-state index in [1.165, 1.54) is 18.7 Å². The Balaban J connectivity index is 3.06. The summed E-state index contributed by atoms with van der Waals surface area (Å²) in [5, 5.41) is 0.648. The summed E-state index contributed by atoms with van der Waals surface area (Å²) in [4.78, 5) is 10.4. The lowest BCUT2D eigenvalue weighted by atomic mass is 10.8. The number of carbonyl (C=O) groups excluding carboxylic acids is 1. The fourth-order valence-corrected chi connectivity index (χ4v) is 0.908. The van der Waals surface area contributed by atoms with E-state index in [-0.39, 0.29) is 5.12 Å². The van der Waals surface area contributed by atoms with Gasteiger partial charge >= 0.3 is 0 Å². The van der Waals surface area contributed by atoms with E-state index in [1.54, 1.807) is 6.92 Å². The molecule has 0 aliphatic carbocycles. The van der Waals surface area contributed by atoms with E-state index in [0.717, 1.165) is 0 Å². The third-order valence-electron chi connectivity index (χ3n) is 0.694. The maximum Gasteiger partial charge on any atom is 0.185 e. The quantitative estimate of drug-likeness (QED) is 0.484. The molecule has 2 nitrogen and oxygen atoms in total. The first-order chi connectivity index (χ1) is 4.63. The zero-order chi connectivity index (χ0) is 7.98. The molecule has 0 rings (SSSR count). The number of hydrogen-bond donors (Lipinski definition) is 0. The van der Waals surface area contributed by atoms with Gasteiger partial charge in [0.15, 0.2) is 10.2 Å². The molecule has 0 N–H and O–H groups in total. The van der Waals surface area contributed by atoms with Crippen LogP contribution in [0.25, 0.3) is 0 Å². The number of rotatable bonds is 3. The maximum atomic E-state index is 10.4. The lowest BCUT2D eigenvalue weighted by molar-refractivity contribution is -0.109. The summed E-state index contributed by atoms with van der Waals surface area (Å²) < 4.78 is 4.95. The molecular formula is C6H10O2S2. The van der Waals surface area contributed by atoms with Crippen LogP contribution in [0.1, 0.15) is 13.8 Å². The van der Waals surface area contributed by atoms with E-state index >= 15 is 0 Å². The van der Waals surface area contributed by atoms with E-state index < -0.39 is 0 Å². The Morgan fingerprint density at radius 3 is 2.60 bits per heavy atom. The summed E-state index contributed by atoms with van der Waals surface area (Å²) in [5.74, 6) is 0.684. The third-order valence-corrected chi connectivity index (χ3v) is 1.59. The molecule has 0 bridgehead atoms. The number of thiocarbonyl (C=S) groups is 1. The largest absolute Gasteiger partial charge is 0.486 e. The molecule has 4 heteroatoms. The predicted octanol–water partition coefficient (Wildman–Crippen LogP) is 1.63. The smallest absolute Gasteiger partial charge is 0.185 e. The van der Waals surface area contributed by atoms with Crippen LogP contribution in [-0.4, -0.2) is 22.5 Å². The summed E-state index contributed by atoms with van der Waals surface area (Å²) in [5.41, 5.74) is 0. The van der Waals surface area contributed by atoms with Gasteiger partial charge in [0, 0.05) is 19.6 Å². The molecule has 10 heavy (non-hydrogen) atoms. The SMILES string of the molecule is CC(=O)SCCOC(C)=S. The van der Waals surface area contributed by atoms with Crippen molar-refractivity contribution in [2.24, 2.45) is 0 Å². The predicted molar refractivity (Wildman–Crippen MR) is 47.4 cm³/mol. The molecule has 0 fully saturated rings. The van der Waals surface area contributed by atoms with E-state index in [0.29, 0.717) is 17.4 Å². The summed E-state index contributed by atoms with van der Waals surface area (Å²) in [7, 11) is 0. The molecule has 0 aliphatic heterocycles. The van der Waals surface area contributed by atoms with E-state index in [9.17, 15) is 4.79 Å². The van der Waals surface area contributed by atoms with Crippen LogP contribution in [0.3, 0.4) is 0 Å². The van der Waals surface area contributed by atoms with Gasteiger partial charge in [0.2, 0.25) is 0 Å². The molecule has 0 heterocycles. The van der Waals surface area contributed by atoms with Gasteiger partial charge in [-0.2, -0.15) is 0 Å². The fraction of sp³-hybridized carbons (Fsp3) is 0.667. The van der Waals surface area contributed by atoms with Crippen molar-refractivity contribution < 1.29 is 9.53 Å². The summed E-state index contributed by atoms with van der Waals surface area (Å²) in [6.07, 6.45) is 0. The van der Waals surface area contributed by atoms with Crippen molar-refractivity contribution in [3.8, 4) is 0 Å². The van der Waals surface area contributed by atoms with Gasteiger partial charge in [0.1, 0.15) is 0 Å². The molecule has 0 amide bonds. The van der Waals surface area contributed by atoms with Crippen molar-refractivity contribution in [1.82, 2.24) is 0 Å². The van der Waals surface area contributed by atoms with Gasteiger partial charge in [-0.25, -0.2) is 0 Å². The molecule has 58 valence electrons. The monoisotopic (exact) mass is 178 g/mol. The molecule has 0 unspecified atom stereocenters. The molecule has 0 saturated carbocycles. The lowest BCUT2D eigenvalue weighted by Gasteiger charge is -2.00. The molecule has 0 aliphatic rings. The second-order valence-corrected chi connectivity index (χ2v) is 3.53. The van der Waals surface area contributed by atoms with Crippen molar-refractivity contribution in [1.29, 1.82) is 0 Å². The Hall–Kier alpha value is -0.0900. The highest BCUT2D eigenvalue weighted by Crippen LogP contribution is 1.99. The van der Waals surface area contributed by atoms with Crippen LogP contribution < -0.4 is 0 Å². The van der Waals surface area contributed by atoms with Gasteiger partial charge in [-0.15, -0.1) is 0 Å². The number of hydrogen-bond acceptors (Lipinski definition) is 4. The van der Waals surface area contributed by atoms with E-state index in [2.05, 4.69) is 12.2 Å². The topological polar surface area (TPSA) is 26.3 Å². The van der Waals surface area contributed by atoms with Gasteiger partial charge in [0.05, 0.1) is 6.61 Å². The van der Waals surface area contributed by atoms with Crippen LogP contribution in [0.4, 0.5) is 0 Å². The van der Waals surface area contributed by atoms with Crippen molar-refractivity contribution in [2.45, 2.75) is 13.8 Å². The second kappa shape index (κ2) is 5.68. The highest BCUT2D eigenvalue weighted by molar-refractivity contribution is 8.13. The van der Waals surface area contributed by atoms with Gasteiger partial charge in [0.25, 0.3) is 0 Å². The van der Waals surface area contributed by atoms with Crippen LogP contribution in [0.5, 0.6) is 0 Å². The standard InChI is InChI=1S/C6H10O2S2/c1-5(7)10-4-3-8-6(2)9/h3-4H2,1-2H3. The first kappa shape index (κ1) is 9.91. The van der Waals surface area contributed by atoms with Crippen LogP contribution in [0.15, 0.2) is 0 Å². The lowest BCUT2D eigenvalue weighted by Crippen LogP contribution is -2.01. The van der Waals surface area contributed by atoms with Gasteiger partial charge in [-0.1, -0.05) is 11.8 Å². The van der Waals surface area contributed by atoms with Crippen LogP contribution >= 0.6 is 24.0 Å². The van der Waals surface area contributed by atoms with Crippen LogP contribution in [-0.2, 0) is 9.53 Å². The summed E-state index contributed by atoms with van der Waals surface area (Å²) >= 11 is 5.91. The highest BCUT2D eigenvalue weighted by atomic mass is 32.2. The zero-order valence-corrected chi connectivity index (χ0v) is 7.68. The minimum atomic E-state index is 0.116. The van der Waals surface area contributed by atoms with Gasteiger partial charge < -0.3 is 4.74 Å². The molecule has 0 atom stereocenters. The molecule has 0 aromatic rings. The van der Waals surface area contributed by atoms with E-state index in [4.69, 9.17) is 4.74 Å². The second-order valence-electron chi connectivity index (χ2n) is 1.68. The maximum absolute atomic E-state index is 10.4. The van der Waals surface area contributed by atoms with Crippen LogP contribution in [0, 0.1) is 0 Å². The molecular weight excluding hydrogens is 168 g/mol. The minimum absolute atomic E-state index is 0.116. The Kier molecular flexibility index (Phi) is 5.63. The van der Waals surface area contributed by atoms with Crippen molar-refractivity contribution >= 4 is 34.1 Å². The molecule has 0 spiro atoms. The third kappa shape index (κ3) is 7.91. The average molecular weight is 178 g/mol. The summed E-state index contributed by atoms with van der Waals surface area (Å²) in [6, 6.07) is 0. The van der Waals surface area contributed by atoms with Crippen LogP contribution in [0.2, 0.25) is 0 Å². The van der Waals surface area contributed by atoms with Gasteiger partial charge in [-0.3, -0.25) is 4.79 Å². The Morgan fingerprint density at radius 2 is 2.20 bits per heavy atom. The first-order valence-corrected chi connectivity index (χ1v) is 4.29. The Morgan fingerprint density at radius 1 is 1.60 bits per heavy atom. The highest BCUT2D eigenvalue weighted by Gasteiger charge is 1.93.